The molecule has 0 unspecified atom stereocenters. The van der Waals surface area contributed by atoms with E-state index in [1.54, 1.807) is 12.3 Å². The number of carbonyl (C=O) groups excluding carboxylic acids is 1. The number of furan rings is 1. The third kappa shape index (κ3) is 3.22. The quantitative estimate of drug-likeness (QED) is 0.528. The summed E-state index contributed by atoms with van der Waals surface area (Å²) in [6, 6.07) is 9.42. The van der Waals surface area contributed by atoms with Gasteiger partial charge in [-0.1, -0.05) is 23.9 Å². The maximum Gasteiger partial charge on any atom is 0.200 e. The maximum absolute atomic E-state index is 12.3. The molecule has 0 spiro atoms. The Kier molecular flexibility index (Phi) is 4.34. The Bertz CT molecular complexity index is 838. The van der Waals surface area contributed by atoms with Crippen molar-refractivity contribution in [1.82, 2.24) is 14.8 Å². The molecule has 3 aromatic rings. The number of Topliss-reactive ketones (excluding diaryl/α,β-unsaturated/α-hetero) is 1. The Balaban J connectivity index is 1.71. The van der Waals surface area contributed by atoms with Crippen LogP contribution in [0.2, 0.25) is 0 Å². The molecule has 0 N–H and O–H groups in total. The van der Waals surface area contributed by atoms with Crippen molar-refractivity contribution in [2.75, 3.05) is 5.75 Å². The standard InChI is InChI=1S/C17H17N3O2S/c1-11-6-7-13(9-12(11)2)14(21)10-23-17-19-18-16(20(17)3)15-5-4-8-22-15/h4-9H,10H2,1-3H3. The Labute approximate surface area is 138 Å². The molecule has 5 nitrogen and oxygen atoms in total. The van der Waals surface area contributed by atoms with E-state index in [2.05, 4.69) is 10.2 Å². The minimum atomic E-state index is 0.0839. The first kappa shape index (κ1) is 15.6. The highest BCUT2D eigenvalue weighted by molar-refractivity contribution is 7.99. The van der Waals surface area contributed by atoms with E-state index in [9.17, 15) is 4.79 Å². The predicted octanol–water partition coefficient (Wildman–Crippen LogP) is 3.67. The summed E-state index contributed by atoms with van der Waals surface area (Å²) in [6.07, 6.45) is 1.60. The zero-order valence-electron chi connectivity index (χ0n) is 13.2. The van der Waals surface area contributed by atoms with Crippen LogP contribution < -0.4 is 0 Å². The van der Waals surface area contributed by atoms with Crippen molar-refractivity contribution < 1.29 is 9.21 Å². The highest BCUT2D eigenvalue weighted by atomic mass is 32.2. The molecule has 1 aromatic carbocycles. The van der Waals surface area contributed by atoms with Crippen LogP contribution in [0.3, 0.4) is 0 Å². The Morgan fingerprint density at radius 3 is 2.74 bits per heavy atom. The fraction of sp³-hybridized carbons (Fsp3) is 0.235. The summed E-state index contributed by atoms with van der Waals surface area (Å²) in [5.41, 5.74) is 3.04. The number of hydrogen-bond donors (Lipinski definition) is 0. The van der Waals surface area contributed by atoms with Crippen LogP contribution in [0.4, 0.5) is 0 Å². The summed E-state index contributed by atoms with van der Waals surface area (Å²) in [5.74, 6) is 1.72. The number of benzene rings is 1. The van der Waals surface area contributed by atoms with Gasteiger partial charge in [0, 0.05) is 12.6 Å². The van der Waals surface area contributed by atoms with E-state index >= 15 is 0 Å². The maximum atomic E-state index is 12.3. The fourth-order valence-electron chi connectivity index (χ4n) is 2.19. The molecule has 0 atom stereocenters. The first-order valence-electron chi connectivity index (χ1n) is 7.23. The van der Waals surface area contributed by atoms with E-state index in [0.717, 1.165) is 11.1 Å². The average molecular weight is 327 g/mol. The molecule has 0 fully saturated rings. The van der Waals surface area contributed by atoms with Gasteiger partial charge < -0.3 is 8.98 Å². The molecule has 2 heterocycles. The largest absolute Gasteiger partial charge is 0.461 e. The molecule has 0 aliphatic heterocycles. The molecule has 0 saturated heterocycles. The zero-order chi connectivity index (χ0) is 16.4. The van der Waals surface area contributed by atoms with E-state index in [0.29, 0.717) is 22.5 Å². The first-order chi connectivity index (χ1) is 11.1. The molecule has 6 heteroatoms. The van der Waals surface area contributed by atoms with Gasteiger partial charge in [-0.05, 0) is 43.2 Å². The van der Waals surface area contributed by atoms with Gasteiger partial charge >= 0.3 is 0 Å². The van der Waals surface area contributed by atoms with Gasteiger partial charge in [-0.2, -0.15) is 0 Å². The fourth-order valence-corrected chi connectivity index (χ4v) is 2.99. The van der Waals surface area contributed by atoms with Crippen molar-refractivity contribution in [3.63, 3.8) is 0 Å². The molecule has 3 rings (SSSR count). The lowest BCUT2D eigenvalue weighted by Gasteiger charge is -2.05. The topological polar surface area (TPSA) is 60.9 Å². The molecule has 23 heavy (non-hydrogen) atoms. The van der Waals surface area contributed by atoms with E-state index < -0.39 is 0 Å². The Morgan fingerprint density at radius 2 is 2.04 bits per heavy atom. The van der Waals surface area contributed by atoms with Crippen LogP contribution in [0.25, 0.3) is 11.6 Å². The van der Waals surface area contributed by atoms with Gasteiger partial charge in [0.2, 0.25) is 0 Å². The highest BCUT2D eigenvalue weighted by Crippen LogP contribution is 2.23. The molecule has 0 aliphatic rings. The molecule has 0 aliphatic carbocycles. The summed E-state index contributed by atoms with van der Waals surface area (Å²) in [7, 11) is 1.86. The van der Waals surface area contributed by atoms with Crippen LogP contribution in [0.5, 0.6) is 0 Å². The second kappa shape index (κ2) is 6.42. The van der Waals surface area contributed by atoms with Gasteiger partial charge in [-0.3, -0.25) is 4.79 Å². The van der Waals surface area contributed by atoms with Crippen LogP contribution in [0.15, 0.2) is 46.2 Å². The predicted molar refractivity (Wildman–Crippen MR) is 89.7 cm³/mol. The number of aryl methyl sites for hydroxylation is 2. The van der Waals surface area contributed by atoms with Crippen molar-refractivity contribution in [2.24, 2.45) is 7.05 Å². The van der Waals surface area contributed by atoms with Crippen molar-refractivity contribution in [2.45, 2.75) is 19.0 Å². The molecule has 0 amide bonds. The minimum Gasteiger partial charge on any atom is -0.461 e. The molecule has 118 valence electrons. The van der Waals surface area contributed by atoms with Gasteiger partial charge in [0.25, 0.3) is 0 Å². The van der Waals surface area contributed by atoms with Gasteiger partial charge in [0.05, 0.1) is 12.0 Å². The smallest absolute Gasteiger partial charge is 0.200 e. The van der Waals surface area contributed by atoms with Crippen LogP contribution in [-0.4, -0.2) is 26.3 Å². The number of rotatable bonds is 5. The third-order valence-electron chi connectivity index (χ3n) is 3.74. The minimum absolute atomic E-state index is 0.0839. The summed E-state index contributed by atoms with van der Waals surface area (Å²) in [5, 5.41) is 8.94. The van der Waals surface area contributed by atoms with Crippen molar-refractivity contribution in [3.8, 4) is 11.6 Å². The number of hydrogen-bond acceptors (Lipinski definition) is 5. The number of aromatic nitrogens is 3. The summed E-state index contributed by atoms with van der Waals surface area (Å²) in [4.78, 5) is 12.3. The first-order valence-corrected chi connectivity index (χ1v) is 8.21. The van der Waals surface area contributed by atoms with Crippen molar-refractivity contribution in [1.29, 1.82) is 0 Å². The van der Waals surface area contributed by atoms with Crippen LogP contribution >= 0.6 is 11.8 Å². The lowest BCUT2D eigenvalue weighted by Crippen LogP contribution is -2.04. The molecular formula is C17H17N3O2S. The Morgan fingerprint density at radius 1 is 1.22 bits per heavy atom. The number of ketones is 1. The van der Waals surface area contributed by atoms with Crippen LogP contribution in [0.1, 0.15) is 21.5 Å². The van der Waals surface area contributed by atoms with Crippen molar-refractivity contribution in [3.05, 3.63) is 53.3 Å². The molecule has 0 saturated carbocycles. The third-order valence-corrected chi connectivity index (χ3v) is 4.76. The zero-order valence-corrected chi connectivity index (χ0v) is 14.1. The van der Waals surface area contributed by atoms with Gasteiger partial charge in [-0.25, -0.2) is 0 Å². The van der Waals surface area contributed by atoms with Crippen LogP contribution in [-0.2, 0) is 7.05 Å². The Hall–Kier alpha value is -2.34. The van der Waals surface area contributed by atoms with Gasteiger partial charge in [0.1, 0.15) is 0 Å². The number of carbonyl (C=O) groups is 1. The highest BCUT2D eigenvalue weighted by Gasteiger charge is 2.15. The van der Waals surface area contributed by atoms with E-state index in [4.69, 9.17) is 4.42 Å². The summed E-state index contributed by atoms with van der Waals surface area (Å²) < 4.78 is 7.16. The van der Waals surface area contributed by atoms with Gasteiger partial charge in [-0.15, -0.1) is 10.2 Å². The monoisotopic (exact) mass is 327 g/mol. The lowest BCUT2D eigenvalue weighted by atomic mass is 10.0. The van der Waals surface area contributed by atoms with E-state index in [-0.39, 0.29) is 5.78 Å². The van der Waals surface area contributed by atoms with Gasteiger partial charge in [0.15, 0.2) is 22.5 Å². The second-order valence-electron chi connectivity index (χ2n) is 5.35. The van der Waals surface area contributed by atoms with E-state index in [1.165, 1.54) is 17.3 Å². The summed E-state index contributed by atoms with van der Waals surface area (Å²) in [6.45, 7) is 4.05. The van der Waals surface area contributed by atoms with E-state index in [1.807, 2.05) is 49.7 Å². The number of thioether (sulfide) groups is 1. The number of nitrogens with zero attached hydrogens (tertiary/aromatic N) is 3. The normalized spacial score (nSPS) is 10.9. The average Bonchev–Trinajstić information content (AvgIpc) is 3.17. The molecule has 2 aromatic heterocycles. The SMILES string of the molecule is Cc1ccc(C(=O)CSc2nnc(-c3ccco3)n2C)cc1C. The molecule has 0 radical (unpaired) electrons. The second-order valence-corrected chi connectivity index (χ2v) is 6.30. The summed E-state index contributed by atoms with van der Waals surface area (Å²) >= 11 is 1.38. The molecule has 0 bridgehead atoms. The molecular weight excluding hydrogens is 310 g/mol. The van der Waals surface area contributed by atoms with Crippen LogP contribution in [0, 0.1) is 13.8 Å². The lowest BCUT2D eigenvalue weighted by molar-refractivity contribution is 0.102. The van der Waals surface area contributed by atoms with Crippen molar-refractivity contribution >= 4 is 17.5 Å².